The van der Waals surface area contributed by atoms with Crippen molar-refractivity contribution in [3.63, 3.8) is 0 Å². The molecule has 0 aromatic carbocycles. The van der Waals surface area contributed by atoms with Crippen LogP contribution in [0, 0.1) is 6.92 Å². The molecule has 116 valence electrons. The van der Waals surface area contributed by atoms with Crippen molar-refractivity contribution >= 4 is 5.91 Å². The first-order valence-corrected chi connectivity index (χ1v) is 7.79. The van der Waals surface area contributed by atoms with Gasteiger partial charge in [0, 0.05) is 19.6 Å². The van der Waals surface area contributed by atoms with Crippen LogP contribution in [0.5, 0.6) is 0 Å². The second-order valence-electron chi connectivity index (χ2n) is 5.80. The molecular weight excluding hydrogens is 270 g/mol. The summed E-state index contributed by atoms with van der Waals surface area (Å²) < 4.78 is 16.8. The van der Waals surface area contributed by atoms with Crippen molar-refractivity contribution in [2.75, 3.05) is 26.4 Å². The molecule has 0 aliphatic carbocycles. The summed E-state index contributed by atoms with van der Waals surface area (Å²) in [5, 5.41) is 0. The summed E-state index contributed by atoms with van der Waals surface area (Å²) in [6, 6.07) is 3.78. The Kier molecular flexibility index (Phi) is 4.60. The molecule has 1 aromatic heterocycles. The van der Waals surface area contributed by atoms with Gasteiger partial charge in [0.1, 0.15) is 17.6 Å². The number of hydrogen-bond acceptors (Lipinski definition) is 4. The van der Waals surface area contributed by atoms with Crippen molar-refractivity contribution in [3.8, 4) is 0 Å². The first-order chi connectivity index (χ1) is 10.2. The van der Waals surface area contributed by atoms with Gasteiger partial charge in [0.2, 0.25) is 5.91 Å². The fourth-order valence-corrected chi connectivity index (χ4v) is 3.07. The van der Waals surface area contributed by atoms with Gasteiger partial charge in [-0.3, -0.25) is 4.79 Å². The molecule has 3 rings (SSSR count). The highest BCUT2D eigenvalue weighted by Crippen LogP contribution is 2.27. The van der Waals surface area contributed by atoms with Crippen LogP contribution in [0.2, 0.25) is 0 Å². The third kappa shape index (κ3) is 3.47. The van der Waals surface area contributed by atoms with Crippen molar-refractivity contribution in [1.82, 2.24) is 4.90 Å². The molecule has 3 heterocycles. The van der Waals surface area contributed by atoms with Gasteiger partial charge in [-0.15, -0.1) is 0 Å². The monoisotopic (exact) mass is 293 g/mol. The minimum Gasteiger partial charge on any atom is -0.464 e. The smallest absolute Gasteiger partial charge is 0.223 e. The summed E-state index contributed by atoms with van der Waals surface area (Å²) in [5.41, 5.74) is 0. The molecule has 0 radical (unpaired) electrons. The van der Waals surface area contributed by atoms with Gasteiger partial charge in [-0.05, 0) is 38.3 Å². The molecule has 0 N–H and O–H groups in total. The molecule has 5 heteroatoms. The van der Waals surface area contributed by atoms with E-state index in [2.05, 4.69) is 0 Å². The highest BCUT2D eigenvalue weighted by molar-refractivity contribution is 5.76. The summed E-state index contributed by atoms with van der Waals surface area (Å²) in [7, 11) is 0. The topological polar surface area (TPSA) is 51.9 Å². The number of amides is 1. The van der Waals surface area contributed by atoms with E-state index >= 15 is 0 Å². The van der Waals surface area contributed by atoms with E-state index in [1.165, 1.54) is 0 Å². The van der Waals surface area contributed by atoms with Crippen LogP contribution in [0.15, 0.2) is 16.5 Å². The van der Waals surface area contributed by atoms with Crippen molar-refractivity contribution in [2.45, 2.75) is 44.8 Å². The number of rotatable bonds is 4. The fraction of sp³-hybridized carbons (Fsp3) is 0.688. The van der Waals surface area contributed by atoms with Crippen LogP contribution in [0.4, 0.5) is 0 Å². The van der Waals surface area contributed by atoms with Crippen molar-refractivity contribution in [3.05, 3.63) is 23.7 Å². The molecule has 2 fully saturated rings. The third-order valence-corrected chi connectivity index (χ3v) is 4.24. The maximum Gasteiger partial charge on any atom is 0.223 e. The molecule has 21 heavy (non-hydrogen) atoms. The molecule has 0 bridgehead atoms. The van der Waals surface area contributed by atoms with Gasteiger partial charge in [-0.1, -0.05) is 0 Å². The summed E-state index contributed by atoms with van der Waals surface area (Å²) in [5.74, 6) is 1.85. The van der Waals surface area contributed by atoms with Crippen LogP contribution in [-0.2, 0) is 14.3 Å². The van der Waals surface area contributed by atoms with Crippen molar-refractivity contribution in [1.29, 1.82) is 0 Å². The van der Waals surface area contributed by atoms with E-state index in [0.717, 1.165) is 37.4 Å². The number of aryl methyl sites for hydroxylation is 1. The predicted molar refractivity (Wildman–Crippen MR) is 76.9 cm³/mol. The van der Waals surface area contributed by atoms with E-state index in [0.29, 0.717) is 26.2 Å². The van der Waals surface area contributed by atoms with E-state index in [4.69, 9.17) is 13.9 Å². The Bertz CT molecular complexity index is 478. The SMILES string of the molecule is Cc1ccc([C@H]2COCCN2C(=O)CC[C@H]2CCCO2)o1. The lowest BCUT2D eigenvalue weighted by atomic mass is 10.1. The van der Waals surface area contributed by atoms with Crippen LogP contribution >= 0.6 is 0 Å². The zero-order valence-corrected chi connectivity index (χ0v) is 12.5. The maximum absolute atomic E-state index is 12.5. The third-order valence-electron chi connectivity index (χ3n) is 4.24. The van der Waals surface area contributed by atoms with Crippen LogP contribution in [0.1, 0.15) is 43.2 Å². The van der Waals surface area contributed by atoms with Gasteiger partial charge in [0.25, 0.3) is 0 Å². The number of furan rings is 1. The zero-order valence-electron chi connectivity index (χ0n) is 12.5. The number of ether oxygens (including phenoxy) is 2. The molecular formula is C16H23NO4. The largest absolute Gasteiger partial charge is 0.464 e. The second kappa shape index (κ2) is 6.62. The van der Waals surface area contributed by atoms with Gasteiger partial charge < -0.3 is 18.8 Å². The molecule has 2 aliphatic rings. The second-order valence-corrected chi connectivity index (χ2v) is 5.80. The van der Waals surface area contributed by atoms with Crippen LogP contribution in [0.25, 0.3) is 0 Å². The summed E-state index contributed by atoms with van der Waals surface area (Å²) >= 11 is 0. The number of carbonyl (C=O) groups excluding carboxylic acids is 1. The Labute approximate surface area is 125 Å². The first kappa shape index (κ1) is 14.6. The fourth-order valence-electron chi connectivity index (χ4n) is 3.07. The van der Waals surface area contributed by atoms with Gasteiger partial charge in [0.15, 0.2) is 0 Å². The van der Waals surface area contributed by atoms with Crippen LogP contribution in [0.3, 0.4) is 0 Å². The number of carbonyl (C=O) groups is 1. The molecule has 1 aromatic rings. The molecule has 0 saturated carbocycles. The van der Waals surface area contributed by atoms with E-state index in [9.17, 15) is 4.79 Å². The Morgan fingerprint density at radius 2 is 2.29 bits per heavy atom. The summed E-state index contributed by atoms with van der Waals surface area (Å²) in [4.78, 5) is 14.4. The van der Waals surface area contributed by atoms with Crippen molar-refractivity contribution < 1.29 is 18.7 Å². The highest BCUT2D eigenvalue weighted by Gasteiger charge is 2.31. The molecule has 2 atom stereocenters. The van der Waals surface area contributed by atoms with Gasteiger partial charge >= 0.3 is 0 Å². The Hall–Kier alpha value is -1.33. The molecule has 2 aliphatic heterocycles. The van der Waals surface area contributed by atoms with Gasteiger partial charge in [0.05, 0.1) is 19.3 Å². The molecule has 0 unspecified atom stereocenters. The molecule has 2 saturated heterocycles. The Morgan fingerprint density at radius 3 is 3.00 bits per heavy atom. The lowest BCUT2D eigenvalue weighted by Crippen LogP contribution is -2.43. The normalized spacial score (nSPS) is 26.2. The maximum atomic E-state index is 12.5. The number of nitrogens with zero attached hydrogens (tertiary/aromatic N) is 1. The molecule has 5 nitrogen and oxygen atoms in total. The number of morpholine rings is 1. The summed E-state index contributed by atoms with van der Waals surface area (Å²) in [6.45, 7) is 4.50. The molecule has 1 amide bonds. The minimum atomic E-state index is -0.0931. The Balaban J connectivity index is 1.61. The van der Waals surface area contributed by atoms with Crippen molar-refractivity contribution in [2.24, 2.45) is 0 Å². The molecule has 0 spiro atoms. The standard InChI is InChI=1S/C16H23NO4/c1-12-4-6-15(21-12)14-11-19-10-8-17(14)16(18)7-5-13-3-2-9-20-13/h4,6,13-14H,2-3,5,7-11H2,1H3/t13-,14-/m1/s1. The highest BCUT2D eigenvalue weighted by atomic mass is 16.5. The van der Waals surface area contributed by atoms with Crippen LogP contribution < -0.4 is 0 Å². The van der Waals surface area contributed by atoms with E-state index in [-0.39, 0.29) is 18.1 Å². The lowest BCUT2D eigenvalue weighted by Gasteiger charge is -2.34. The van der Waals surface area contributed by atoms with Gasteiger partial charge in [-0.2, -0.15) is 0 Å². The van der Waals surface area contributed by atoms with Crippen LogP contribution in [-0.4, -0.2) is 43.3 Å². The quantitative estimate of drug-likeness (QED) is 0.855. The van der Waals surface area contributed by atoms with Gasteiger partial charge in [-0.25, -0.2) is 0 Å². The zero-order chi connectivity index (χ0) is 14.7. The first-order valence-electron chi connectivity index (χ1n) is 7.79. The summed E-state index contributed by atoms with van der Waals surface area (Å²) in [6.07, 6.45) is 3.82. The lowest BCUT2D eigenvalue weighted by molar-refractivity contribution is -0.141. The predicted octanol–water partition coefficient (Wildman–Crippen LogP) is 2.45. The number of hydrogen-bond donors (Lipinski definition) is 0. The van der Waals surface area contributed by atoms with E-state index in [1.54, 1.807) is 0 Å². The minimum absolute atomic E-state index is 0.0931. The average molecular weight is 293 g/mol. The van der Waals surface area contributed by atoms with E-state index in [1.807, 2.05) is 24.0 Å². The van der Waals surface area contributed by atoms with E-state index < -0.39 is 0 Å². The average Bonchev–Trinajstić information content (AvgIpc) is 3.16. The Morgan fingerprint density at radius 1 is 1.38 bits per heavy atom.